The fraction of sp³-hybridized carbons (Fsp3) is 0.667. The Bertz CT molecular complexity index is 282. The lowest BCUT2D eigenvalue weighted by atomic mass is 10.4. The zero-order valence-electron chi connectivity index (χ0n) is 8.93. The van der Waals surface area contributed by atoms with E-state index in [9.17, 15) is 14.4 Å². The molecule has 0 radical (unpaired) electrons. The Kier molecular flexibility index (Phi) is 4.71. The van der Waals surface area contributed by atoms with Crippen LogP contribution in [0.5, 0.6) is 0 Å². The van der Waals surface area contributed by atoms with Gasteiger partial charge in [-0.15, -0.1) is 0 Å². The zero-order chi connectivity index (χ0) is 12.0. The van der Waals surface area contributed by atoms with Crippen molar-refractivity contribution in [2.45, 2.75) is 0 Å². The first-order chi connectivity index (χ1) is 7.59. The van der Waals surface area contributed by atoms with Crippen LogP contribution in [0.1, 0.15) is 0 Å². The standard InChI is InChI=1S/C5H7NO3.C4H6O3/c1-6-2-5(8)9-3-4(6)7;5-4-3-6-1-2-7-4/h2-3H2,1H3;1-3H2. The van der Waals surface area contributed by atoms with Gasteiger partial charge in [0, 0.05) is 7.05 Å². The zero-order valence-corrected chi connectivity index (χ0v) is 8.93. The highest BCUT2D eigenvalue weighted by atomic mass is 16.6. The summed E-state index contributed by atoms with van der Waals surface area (Å²) < 4.78 is 13.7. The number of hydrogen-bond acceptors (Lipinski definition) is 6. The van der Waals surface area contributed by atoms with Crippen molar-refractivity contribution in [3.63, 3.8) is 0 Å². The second kappa shape index (κ2) is 6.06. The predicted octanol–water partition coefficient (Wildman–Crippen LogP) is -1.44. The molecule has 0 aromatic heterocycles. The first-order valence-corrected chi connectivity index (χ1v) is 4.72. The molecule has 0 saturated carbocycles. The maximum Gasteiger partial charge on any atom is 0.332 e. The Labute approximate surface area is 92.2 Å². The SMILES string of the molecule is CN1CC(=O)OCC1=O.O=C1COCCO1. The van der Waals surface area contributed by atoms with Crippen molar-refractivity contribution in [1.29, 1.82) is 0 Å². The number of esters is 2. The molecule has 0 bridgehead atoms. The van der Waals surface area contributed by atoms with Crippen LogP contribution >= 0.6 is 0 Å². The molecule has 1 amide bonds. The molecule has 0 atom stereocenters. The van der Waals surface area contributed by atoms with Crippen molar-refractivity contribution in [2.24, 2.45) is 0 Å². The van der Waals surface area contributed by atoms with Gasteiger partial charge in [0.25, 0.3) is 5.91 Å². The molecule has 0 N–H and O–H groups in total. The van der Waals surface area contributed by atoms with E-state index in [1.807, 2.05) is 0 Å². The number of nitrogens with zero attached hydrogens (tertiary/aromatic N) is 1. The normalized spacial score (nSPS) is 20.6. The largest absolute Gasteiger partial charge is 0.462 e. The number of likely N-dealkylation sites (N-methyl/N-ethyl adjacent to an activating group) is 1. The number of ether oxygens (including phenoxy) is 3. The minimum absolute atomic E-state index is 0.0822. The first kappa shape index (κ1) is 12.4. The maximum atomic E-state index is 10.6. The summed E-state index contributed by atoms with van der Waals surface area (Å²) in [6, 6.07) is 0. The van der Waals surface area contributed by atoms with Gasteiger partial charge in [0.2, 0.25) is 0 Å². The Morgan fingerprint density at radius 3 is 2.12 bits per heavy atom. The average Bonchev–Trinajstić information content (AvgIpc) is 2.26. The van der Waals surface area contributed by atoms with E-state index in [4.69, 9.17) is 4.74 Å². The lowest BCUT2D eigenvalue weighted by Gasteiger charge is -2.20. The molecule has 2 fully saturated rings. The van der Waals surface area contributed by atoms with Crippen molar-refractivity contribution in [1.82, 2.24) is 4.90 Å². The van der Waals surface area contributed by atoms with Crippen LogP contribution in [0.15, 0.2) is 0 Å². The number of cyclic esters (lactones) is 2. The fourth-order valence-electron chi connectivity index (χ4n) is 0.991. The Morgan fingerprint density at radius 1 is 1.00 bits per heavy atom. The van der Waals surface area contributed by atoms with E-state index in [1.165, 1.54) is 4.90 Å². The summed E-state index contributed by atoms with van der Waals surface area (Å²) in [4.78, 5) is 32.4. The van der Waals surface area contributed by atoms with Gasteiger partial charge in [-0.25, -0.2) is 4.79 Å². The van der Waals surface area contributed by atoms with Crippen LogP contribution in [-0.2, 0) is 28.6 Å². The first-order valence-electron chi connectivity index (χ1n) is 4.72. The second-order valence-corrected chi connectivity index (χ2v) is 3.18. The maximum absolute atomic E-state index is 10.6. The Balaban J connectivity index is 0.000000165. The number of amides is 1. The average molecular weight is 231 g/mol. The quantitative estimate of drug-likeness (QED) is 0.475. The molecule has 90 valence electrons. The van der Waals surface area contributed by atoms with Crippen molar-refractivity contribution in [3.8, 4) is 0 Å². The van der Waals surface area contributed by atoms with E-state index < -0.39 is 0 Å². The van der Waals surface area contributed by atoms with Crippen LogP contribution in [0.3, 0.4) is 0 Å². The fourth-order valence-corrected chi connectivity index (χ4v) is 0.991. The third-order valence-electron chi connectivity index (χ3n) is 1.86. The van der Waals surface area contributed by atoms with E-state index in [-0.39, 0.29) is 37.6 Å². The summed E-state index contributed by atoms with van der Waals surface area (Å²) in [7, 11) is 1.57. The topological polar surface area (TPSA) is 82.1 Å². The Morgan fingerprint density at radius 2 is 1.75 bits per heavy atom. The third kappa shape index (κ3) is 4.26. The minimum atomic E-state index is -0.336. The summed E-state index contributed by atoms with van der Waals surface area (Å²) in [6.45, 7) is 1.07. The summed E-state index contributed by atoms with van der Waals surface area (Å²) in [5, 5.41) is 0. The molecule has 0 spiro atoms. The highest BCUT2D eigenvalue weighted by Gasteiger charge is 2.20. The van der Waals surface area contributed by atoms with E-state index in [2.05, 4.69) is 9.47 Å². The minimum Gasteiger partial charge on any atom is -0.462 e. The van der Waals surface area contributed by atoms with E-state index in [1.54, 1.807) is 7.05 Å². The molecule has 2 aliphatic rings. The van der Waals surface area contributed by atoms with E-state index in [0.717, 1.165) is 0 Å². The van der Waals surface area contributed by atoms with Crippen LogP contribution in [0.2, 0.25) is 0 Å². The smallest absolute Gasteiger partial charge is 0.332 e. The number of hydrogen-bond donors (Lipinski definition) is 0. The van der Waals surface area contributed by atoms with Crippen LogP contribution < -0.4 is 0 Å². The van der Waals surface area contributed by atoms with Gasteiger partial charge in [-0.2, -0.15) is 0 Å². The second-order valence-electron chi connectivity index (χ2n) is 3.18. The number of morpholine rings is 1. The summed E-state index contributed by atoms with van der Waals surface area (Å²) in [5.41, 5.74) is 0. The highest BCUT2D eigenvalue weighted by molar-refractivity contribution is 5.87. The summed E-state index contributed by atoms with van der Waals surface area (Å²) >= 11 is 0. The lowest BCUT2D eigenvalue weighted by Crippen LogP contribution is -2.41. The van der Waals surface area contributed by atoms with Gasteiger partial charge in [0.15, 0.2) is 6.61 Å². The van der Waals surface area contributed by atoms with Gasteiger partial charge in [-0.3, -0.25) is 9.59 Å². The van der Waals surface area contributed by atoms with Gasteiger partial charge in [0.1, 0.15) is 19.8 Å². The molecular formula is C9H13NO6. The molecule has 2 heterocycles. The molecule has 2 rings (SSSR count). The highest BCUT2D eigenvalue weighted by Crippen LogP contribution is 1.94. The Hall–Kier alpha value is -1.63. The van der Waals surface area contributed by atoms with Crippen molar-refractivity contribution in [3.05, 3.63) is 0 Å². The summed E-state index contributed by atoms with van der Waals surface area (Å²) in [5.74, 6) is -0.738. The molecular weight excluding hydrogens is 218 g/mol. The molecule has 0 aliphatic carbocycles. The van der Waals surface area contributed by atoms with Gasteiger partial charge >= 0.3 is 11.9 Å². The number of carbonyl (C=O) groups is 3. The molecule has 7 nitrogen and oxygen atoms in total. The molecule has 0 aromatic carbocycles. The van der Waals surface area contributed by atoms with Gasteiger partial charge in [-0.05, 0) is 0 Å². The molecule has 16 heavy (non-hydrogen) atoms. The number of carbonyl (C=O) groups excluding carboxylic acids is 3. The van der Waals surface area contributed by atoms with Gasteiger partial charge < -0.3 is 19.1 Å². The van der Waals surface area contributed by atoms with Crippen molar-refractivity contribution < 1.29 is 28.6 Å². The summed E-state index contributed by atoms with van der Waals surface area (Å²) in [6.07, 6.45) is 0. The van der Waals surface area contributed by atoms with Crippen LogP contribution in [-0.4, -0.2) is 62.8 Å². The molecule has 0 aromatic rings. The van der Waals surface area contributed by atoms with Crippen LogP contribution in [0.4, 0.5) is 0 Å². The third-order valence-corrected chi connectivity index (χ3v) is 1.86. The monoisotopic (exact) mass is 231 g/mol. The predicted molar refractivity (Wildman–Crippen MR) is 50.4 cm³/mol. The van der Waals surface area contributed by atoms with E-state index >= 15 is 0 Å². The molecule has 0 unspecified atom stereocenters. The van der Waals surface area contributed by atoms with E-state index in [0.29, 0.717) is 13.2 Å². The van der Waals surface area contributed by atoms with Gasteiger partial charge in [0.05, 0.1) is 6.61 Å². The molecule has 2 saturated heterocycles. The van der Waals surface area contributed by atoms with Crippen LogP contribution in [0.25, 0.3) is 0 Å². The number of rotatable bonds is 0. The van der Waals surface area contributed by atoms with Crippen LogP contribution in [0, 0.1) is 0 Å². The van der Waals surface area contributed by atoms with Crippen molar-refractivity contribution in [2.75, 3.05) is 40.0 Å². The molecule has 7 heteroatoms. The van der Waals surface area contributed by atoms with Gasteiger partial charge in [-0.1, -0.05) is 0 Å². The van der Waals surface area contributed by atoms with Crippen molar-refractivity contribution >= 4 is 17.8 Å². The molecule has 2 aliphatic heterocycles. The lowest BCUT2D eigenvalue weighted by molar-refractivity contribution is -0.161.